The van der Waals surface area contributed by atoms with Gasteiger partial charge in [-0.1, -0.05) is 37.6 Å². The van der Waals surface area contributed by atoms with Gasteiger partial charge in [0.2, 0.25) is 10.0 Å². The molecule has 7 nitrogen and oxygen atoms in total. The molecule has 0 saturated heterocycles. The summed E-state index contributed by atoms with van der Waals surface area (Å²) < 4.78 is 28.7. The lowest BCUT2D eigenvalue weighted by atomic mass is 10.1. The second-order valence-electron chi connectivity index (χ2n) is 7.08. The molecule has 164 valence electrons. The Balaban J connectivity index is 1.97. The van der Waals surface area contributed by atoms with Crippen molar-refractivity contribution in [3.63, 3.8) is 0 Å². The number of rotatable bonds is 7. The second kappa shape index (κ2) is 9.21. The Morgan fingerprint density at radius 3 is 2.45 bits per heavy atom. The van der Waals surface area contributed by atoms with Crippen molar-refractivity contribution in [2.45, 2.75) is 32.6 Å². The van der Waals surface area contributed by atoms with Crippen molar-refractivity contribution in [2.24, 2.45) is 0 Å². The first-order valence-electron chi connectivity index (χ1n) is 9.92. The topological polar surface area (TPSA) is 84.3 Å². The highest BCUT2D eigenvalue weighted by atomic mass is 35.5. The van der Waals surface area contributed by atoms with Crippen molar-refractivity contribution < 1.29 is 13.2 Å². The second-order valence-corrected chi connectivity index (χ2v) is 9.46. The van der Waals surface area contributed by atoms with Crippen LogP contribution in [0, 0.1) is 13.8 Å². The van der Waals surface area contributed by atoms with E-state index in [1.165, 1.54) is 16.4 Å². The molecular weight excluding hydrogens is 436 g/mol. The van der Waals surface area contributed by atoms with Crippen LogP contribution in [0.15, 0.2) is 53.4 Å². The highest BCUT2D eigenvalue weighted by Gasteiger charge is 2.24. The van der Waals surface area contributed by atoms with Crippen molar-refractivity contribution in [2.75, 3.05) is 18.4 Å². The average molecular weight is 461 g/mol. The highest BCUT2D eigenvalue weighted by Crippen LogP contribution is 2.23. The lowest BCUT2D eigenvalue weighted by Gasteiger charge is -2.19. The van der Waals surface area contributed by atoms with Crippen LogP contribution in [0.5, 0.6) is 0 Å². The zero-order valence-electron chi connectivity index (χ0n) is 17.9. The summed E-state index contributed by atoms with van der Waals surface area (Å²) >= 11 is 6.10. The van der Waals surface area contributed by atoms with Crippen LogP contribution in [0.25, 0.3) is 5.69 Å². The molecule has 1 aromatic heterocycles. The number of nitrogens with one attached hydrogen (secondary N) is 1. The minimum absolute atomic E-state index is 0.0893. The van der Waals surface area contributed by atoms with Crippen LogP contribution in [0.4, 0.5) is 5.82 Å². The van der Waals surface area contributed by atoms with Gasteiger partial charge in [0.15, 0.2) is 0 Å². The van der Waals surface area contributed by atoms with Crippen LogP contribution >= 0.6 is 11.6 Å². The number of benzene rings is 2. The van der Waals surface area contributed by atoms with E-state index in [-0.39, 0.29) is 10.5 Å². The first kappa shape index (κ1) is 23.0. The fraction of sp³-hybridized carbons (Fsp3) is 0.273. The molecule has 2 aromatic carbocycles. The molecule has 0 fully saturated rings. The van der Waals surface area contributed by atoms with Gasteiger partial charge in [0.1, 0.15) is 5.82 Å². The number of sulfonamides is 1. The molecule has 0 bridgehead atoms. The molecule has 0 unspecified atom stereocenters. The third-order valence-electron chi connectivity index (χ3n) is 4.92. The first-order chi connectivity index (χ1) is 14.7. The number of hydrogen-bond donors (Lipinski definition) is 1. The van der Waals surface area contributed by atoms with Crippen LogP contribution in [0.1, 0.15) is 35.5 Å². The fourth-order valence-electron chi connectivity index (χ4n) is 3.30. The molecule has 1 amide bonds. The van der Waals surface area contributed by atoms with Gasteiger partial charge < -0.3 is 5.32 Å². The maximum absolute atomic E-state index is 13.1. The Hall–Kier alpha value is -2.68. The lowest BCUT2D eigenvalue weighted by molar-refractivity contribution is 0.102. The van der Waals surface area contributed by atoms with E-state index in [4.69, 9.17) is 11.6 Å². The monoisotopic (exact) mass is 460 g/mol. The quantitative estimate of drug-likeness (QED) is 0.565. The van der Waals surface area contributed by atoms with Crippen molar-refractivity contribution in [1.82, 2.24) is 14.1 Å². The Morgan fingerprint density at radius 2 is 1.81 bits per heavy atom. The van der Waals surface area contributed by atoms with Gasteiger partial charge in [0.05, 0.1) is 16.3 Å². The summed E-state index contributed by atoms with van der Waals surface area (Å²) in [5.74, 6) is 0.0402. The number of aryl methyl sites for hydroxylation is 2. The van der Waals surface area contributed by atoms with Crippen LogP contribution in [0.2, 0.25) is 5.02 Å². The number of amides is 1. The summed E-state index contributed by atoms with van der Waals surface area (Å²) in [5, 5.41) is 7.84. The van der Waals surface area contributed by atoms with E-state index in [0.29, 0.717) is 40.9 Å². The Morgan fingerprint density at radius 1 is 1.10 bits per heavy atom. The molecular formula is C22H25ClN4O3S. The molecule has 0 aliphatic rings. The first-order valence-corrected chi connectivity index (χ1v) is 11.7. The number of carbonyl (C=O) groups is 1. The minimum atomic E-state index is -3.68. The number of anilines is 1. The maximum atomic E-state index is 13.1. The van der Waals surface area contributed by atoms with Gasteiger partial charge in [-0.25, -0.2) is 13.1 Å². The molecule has 0 radical (unpaired) electrons. The van der Waals surface area contributed by atoms with E-state index in [1.807, 2.05) is 13.0 Å². The smallest absolute Gasteiger partial charge is 0.257 e. The highest BCUT2D eigenvalue weighted by molar-refractivity contribution is 7.89. The lowest BCUT2D eigenvalue weighted by Crippen LogP contribution is -2.30. The third-order valence-corrected chi connectivity index (χ3v) is 7.20. The summed E-state index contributed by atoms with van der Waals surface area (Å²) in [6, 6.07) is 13.5. The Labute approximate surface area is 187 Å². The SMILES string of the molecule is CCN(CC)S(=O)(=O)c1ccc(C)c(C(=O)Nc2cc(C)nn2-c2cccc(Cl)c2)c1. The molecule has 3 rings (SSSR count). The molecule has 0 saturated carbocycles. The maximum Gasteiger partial charge on any atom is 0.257 e. The molecule has 0 aliphatic heterocycles. The van der Waals surface area contributed by atoms with Gasteiger partial charge >= 0.3 is 0 Å². The zero-order valence-corrected chi connectivity index (χ0v) is 19.5. The average Bonchev–Trinajstić information content (AvgIpc) is 3.08. The summed E-state index contributed by atoms with van der Waals surface area (Å²) in [5.41, 5.74) is 2.36. The fourth-order valence-corrected chi connectivity index (χ4v) is 4.96. The number of hydrogen-bond acceptors (Lipinski definition) is 4. The molecule has 0 spiro atoms. The van der Waals surface area contributed by atoms with Crippen LogP contribution in [0.3, 0.4) is 0 Å². The van der Waals surface area contributed by atoms with Gasteiger partial charge in [-0.3, -0.25) is 4.79 Å². The van der Waals surface area contributed by atoms with Crippen molar-refractivity contribution in [3.05, 3.63) is 70.4 Å². The summed E-state index contributed by atoms with van der Waals surface area (Å²) in [6.07, 6.45) is 0. The van der Waals surface area contributed by atoms with Gasteiger partial charge in [-0.2, -0.15) is 9.40 Å². The van der Waals surface area contributed by atoms with E-state index in [0.717, 1.165) is 0 Å². The van der Waals surface area contributed by atoms with Crippen molar-refractivity contribution in [1.29, 1.82) is 0 Å². The van der Waals surface area contributed by atoms with E-state index in [2.05, 4.69) is 10.4 Å². The van der Waals surface area contributed by atoms with Crippen molar-refractivity contribution >= 4 is 33.3 Å². The van der Waals surface area contributed by atoms with Gasteiger partial charge in [0, 0.05) is 29.7 Å². The van der Waals surface area contributed by atoms with Crippen LogP contribution < -0.4 is 5.32 Å². The Kier molecular flexibility index (Phi) is 6.83. The summed E-state index contributed by atoms with van der Waals surface area (Å²) in [4.78, 5) is 13.2. The molecule has 31 heavy (non-hydrogen) atoms. The van der Waals surface area contributed by atoms with Gasteiger partial charge in [-0.15, -0.1) is 0 Å². The largest absolute Gasteiger partial charge is 0.306 e. The number of nitrogens with zero attached hydrogens (tertiary/aromatic N) is 3. The molecule has 9 heteroatoms. The van der Waals surface area contributed by atoms with Crippen molar-refractivity contribution in [3.8, 4) is 5.69 Å². The van der Waals surface area contributed by atoms with Crippen LogP contribution in [-0.4, -0.2) is 41.5 Å². The molecule has 0 aliphatic carbocycles. The number of aromatic nitrogens is 2. The molecule has 3 aromatic rings. The molecule has 1 heterocycles. The normalized spacial score (nSPS) is 11.7. The van der Waals surface area contributed by atoms with Gasteiger partial charge in [-0.05, 0) is 49.7 Å². The summed E-state index contributed by atoms with van der Waals surface area (Å²) in [6.45, 7) is 7.85. The van der Waals surface area contributed by atoms with E-state index >= 15 is 0 Å². The summed E-state index contributed by atoms with van der Waals surface area (Å²) in [7, 11) is -3.68. The zero-order chi connectivity index (χ0) is 22.8. The van der Waals surface area contributed by atoms with E-state index < -0.39 is 15.9 Å². The Bertz CT molecular complexity index is 1220. The predicted molar refractivity (Wildman–Crippen MR) is 123 cm³/mol. The van der Waals surface area contributed by atoms with Crippen LogP contribution in [-0.2, 0) is 10.0 Å². The third kappa shape index (κ3) is 4.81. The minimum Gasteiger partial charge on any atom is -0.306 e. The van der Waals surface area contributed by atoms with E-state index in [1.54, 1.807) is 55.8 Å². The molecule has 0 atom stereocenters. The molecule has 1 N–H and O–H groups in total. The number of halogens is 1. The van der Waals surface area contributed by atoms with E-state index in [9.17, 15) is 13.2 Å². The number of carbonyl (C=O) groups excluding carboxylic acids is 1. The standard InChI is InChI=1S/C22H25ClN4O3S/c1-5-26(6-2)31(29,30)19-11-10-15(3)20(14-19)22(28)24-21-12-16(4)25-27(21)18-9-7-8-17(23)13-18/h7-14H,5-6H2,1-4H3,(H,24,28). The van der Waals surface area contributed by atoms with Gasteiger partial charge in [0.25, 0.3) is 5.91 Å². The predicted octanol–water partition coefficient (Wildman–Crippen LogP) is 4.43.